The van der Waals surface area contributed by atoms with Crippen LogP contribution in [0.4, 0.5) is 5.69 Å². The molecular formula is C34H43N3O5S. The van der Waals surface area contributed by atoms with Crippen molar-refractivity contribution in [3.8, 4) is 5.75 Å². The molecule has 1 N–H and O–H groups in total. The summed E-state index contributed by atoms with van der Waals surface area (Å²) in [4.78, 5) is 29.5. The van der Waals surface area contributed by atoms with E-state index >= 15 is 0 Å². The normalized spacial score (nSPS) is 14.2. The van der Waals surface area contributed by atoms with Crippen LogP contribution in [0.15, 0.2) is 78.9 Å². The number of nitrogens with zero attached hydrogens (tertiary/aromatic N) is 2. The van der Waals surface area contributed by atoms with Gasteiger partial charge in [0.15, 0.2) is 0 Å². The fraction of sp³-hybridized carbons (Fsp3) is 0.412. The van der Waals surface area contributed by atoms with Crippen molar-refractivity contribution >= 4 is 27.5 Å². The summed E-state index contributed by atoms with van der Waals surface area (Å²) in [5, 5.41) is 3.22. The quantitative estimate of drug-likeness (QED) is 0.271. The first-order valence-electron chi connectivity index (χ1n) is 14.9. The van der Waals surface area contributed by atoms with E-state index in [9.17, 15) is 18.0 Å². The smallest absolute Gasteiger partial charge is 0.243 e. The zero-order valence-electron chi connectivity index (χ0n) is 25.4. The van der Waals surface area contributed by atoms with E-state index in [1.807, 2.05) is 61.5 Å². The minimum atomic E-state index is -3.59. The second kappa shape index (κ2) is 15.0. The van der Waals surface area contributed by atoms with Crippen molar-refractivity contribution in [3.63, 3.8) is 0 Å². The van der Waals surface area contributed by atoms with E-state index in [2.05, 4.69) is 5.32 Å². The molecular weight excluding hydrogens is 562 g/mol. The molecule has 0 saturated heterocycles. The summed E-state index contributed by atoms with van der Waals surface area (Å²) in [5.74, 6) is 0.290. The average Bonchev–Trinajstić information content (AvgIpc) is 3.51. The van der Waals surface area contributed by atoms with Crippen molar-refractivity contribution in [2.45, 2.75) is 70.5 Å². The molecule has 1 aliphatic rings. The molecule has 0 bridgehead atoms. The minimum absolute atomic E-state index is 0.0933. The molecule has 1 atom stereocenters. The van der Waals surface area contributed by atoms with Gasteiger partial charge in [0.1, 0.15) is 11.8 Å². The van der Waals surface area contributed by atoms with Gasteiger partial charge in [0, 0.05) is 32.0 Å². The number of anilines is 1. The number of hydrogen-bond acceptors (Lipinski definition) is 5. The van der Waals surface area contributed by atoms with Crippen LogP contribution >= 0.6 is 0 Å². The van der Waals surface area contributed by atoms with Gasteiger partial charge in [-0.2, -0.15) is 0 Å². The lowest BCUT2D eigenvalue weighted by Gasteiger charge is -2.33. The Morgan fingerprint density at radius 1 is 0.930 bits per heavy atom. The first-order chi connectivity index (χ1) is 20.6. The van der Waals surface area contributed by atoms with Crippen molar-refractivity contribution in [3.05, 3.63) is 95.6 Å². The summed E-state index contributed by atoms with van der Waals surface area (Å²) in [6, 6.07) is 23.9. The number of carbonyl (C=O) groups is 2. The highest BCUT2D eigenvalue weighted by Gasteiger charge is 2.32. The minimum Gasteiger partial charge on any atom is -0.497 e. The fourth-order valence-electron chi connectivity index (χ4n) is 5.56. The summed E-state index contributed by atoms with van der Waals surface area (Å²) >= 11 is 0. The molecule has 0 unspecified atom stereocenters. The van der Waals surface area contributed by atoms with Crippen LogP contribution in [0.5, 0.6) is 5.75 Å². The Hall–Kier alpha value is -3.85. The maximum atomic E-state index is 14.0. The lowest BCUT2D eigenvalue weighted by Crippen LogP contribution is -2.52. The SMILES string of the molecule is COc1ccc(N(CCCC(=O)N(Cc2ccc(C)cc2)[C@H](Cc2ccccc2)C(=O)NC2CCCC2)S(C)(=O)=O)cc1. The lowest BCUT2D eigenvalue weighted by molar-refractivity contribution is -0.141. The molecule has 1 saturated carbocycles. The van der Waals surface area contributed by atoms with Crippen LogP contribution in [-0.2, 0) is 32.6 Å². The molecule has 230 valence electrons. The molecule has 1 aliphatic carbocycles. The first kappa shape index (κ1) is 32.1. The molecule has 9 heteroatoms. The maximum absolute atomic E-state index is 14.0. The Labute approximate surface area is 256 Å². The summed E-state index contributed by atoms with van der Waals surface area (Å²) in [7, 11) is -2.04. The van der Waals surface area contributed by atoms with E-state index in [1.165, 1.54) is 4.31 Å². The number of sulfonamides is 1. The highest BCUT2D eigenvalue weighted by Crippen LogP contribution is 2.24. The monoisotopic (exact) mass is 605 g/mol. The van der Waals surface area contributed by atoms with Crippen LogP contribution < -0.4 is 14.4 Å². The van der Waals surface area contributed by atoms with Gasteiger partial charge in [0.05, 0.1) is 19.1 Å². The topological polar surface area (TPSA) is 96.0 Å². The maximum Gasteiger partial charge on any atom is 0.243 e. The molecule has 1 fully saturated rings. The van der Waals surface area contributed by atoms with E-state index in [-0.39, 0.29) is 37.4 Å². The first-order valence-corrected chi connectivity index (χ1v) is 16.8. The molecule has 0 spiro atoms. The van der Waals surface area contributed by atoms with Gasteiger partial charge in [0.2, 0.25) is 21.8 Å². The van der Waals surface area contributed by atoms with Gasteiger partial charge in [-0.15, -0.1) is 0 Å². The molecule has 8 nitrogen and oxygen atoms in total. The third-order valence-corrected chi connectivity index (χ3v) is 9.15. The number of hydrogen-bond donors (Lipinski definition) is 1. The molecule has 3 aromatic carbocycles. The van der Waals surface area contributed by atoms with Crippen LogP contribution in [-0.4, -0.2) is 57.1 Å². The number of carbonyl (C=O) groups excluding carboxylic acids is 2. The van der Waals surface area contributed by atoms with E-state index in [0.717, 1.165) is 48.6 Å². The Morgan fingerprint density at radius 3 is 2.19 bits per heavy atom. The lowest BCUT2D eigenvalue weighted by atomic mass is 10.0. The number of benzene rings is 3. The van der Waals surface area contributed by atoms with Crippen molar-refractivity contribution < 1.29 is 22.7 Å². The Morgan fingerprint density at radius 2 is 1.58 bits per heavy atom. The molecule has 0 aliphatic heterocycles. The standard InChI is InChI=1S/C34H43N3O5S/c1-26-15-17-28(18-16-26)25-36(32(24-27-10-5-4-6-11-27)34(39)35-29-12-7-8-13-29)33(38)14-9-23-37(43(3,40)41)30-19-21-31(42-2)22-20-30/h4-6,10-11,15-22,29,32H,7-9,12-14,23-25H2,1-3H3,(H,35,39)/t32-/m1/s1. The van der Waals surface area contributed by atoms with Gasteiger partial charge in [-0.1, -0.05) is 73.0 Å². The predicted molar refractivity (Wildman–Crippen MR) is 170 cm³/mol. The van der Waals surface area contributed by atoms with Crippen LogP contribution in [0.25, 0.3) is 0 Å². The summed E-state index contributed by atoms with van der Waals surface area (Å²) in [5.41, 5.74) is 3.52. The zero-order valence-corrected chi connectivity index (χ0v) is 26.2. The summed E-state index contributed by atoms with van der Waals surface area (Å²) in [6.45, 7) is 2.42. The molecule has 43 heavy (non-hydrogen) atoms. The zero-order chi connectivity index (χ0) is 30.8. The third-order valence-electron chi connectivity index (χ3n) is 7.96. The number of aryl methyl sites for hydroxylation is 1. The van der Waals surface area contributed by atoms with Gasteiger partial charge in [-0.05, 0) is 61.6 Å². The summed E-state index contributed by atoms with van der Waals surface area (Å²) < 4.78 is 31.9. The second-order valence-corrected chi connectivity index (χ2v) is 13.2. The number of rotatable bonds is 14. The van der Waals surface area contributed by atoms with Gasteiger partial charge in [-0.3, -0.25) is 13.9 Å². The molecule has 0 radical (unpaired) electrons. The Balaban J connectivity index is 1.57. The van der Waals surface area contributed by atoms with Gasteiger partial charge < -0.3 is 15.0 Å². The predicted octanol–water partition coefficient (Wildman–Crippen LogP) is 5.25. The van der Waals surface area contributed by atoms with E-state index in [4.69, 9.17) is 4.74 Å². The summed E-state index contributed by atoms with van der Waals surface area (Å²) in [6.07, 6.45) is 6.01. The second-order valence-electron chi connectivity index (χ2n) is 11.3. The molecule has 0 heterocycles. The number of methoxy groups -OCH3 is 1. The number of ether oxygens (including phenoxy) is 1. The fourth-order valence-corrected chi connectivity index (χ4v) is 6.53. The number of amides is 2. The molecule has 0 aromatic heterocycles. The Kier molecular flexibility index (Phi) is 11.2. The largest absolute Gasteiger partial charge is 0.497 e. The van der Waals surface area contributed by atoms with Gasteiger partial charge in [0.25, 0.3) is 0 Å². The van der Waals surface area contributed by atoms with Crippen molar-refractivity contribution in [2.24, 2.45) is 0 Å². The van der Waals surface area contributed by atoms with Crippen LogP contribution in [0.2, 0.25) is 0 Å². The van der Waals surface area contributed by atoms with E-state index < -0.39 is 16.1 Å². The van der Waals surface area contributed by atoms with Crippen molar-refractivity contribution in [1.82, 2.24) is 10.2 Å². The van der Waals surface area contributed by atoms with Gasteiger partial charge >= 0.3 is 0 Å². The average molecular weight is 606 g/mol. The molecule has 3 aromatic rings. The van der Waals surface area contributed by atoms with Crippen molar-refractivity contribution in [2.75, 3.05) is 24.2 Å². The Bertz CT molecular complexity index is 1440. The van der Waals surface area contributed by atoms with Gasteiger partial charge in [-0.25, -0.2) is 8.42 Å². The third kappa shape index (κ3) is 9.32. The van der Waals surface area contributed by atoms with Crippen LogP contribution in [0, 0.1) is 6.92 Å². The van der Waals surface area contributed by atoms with Crippen LogP contribution in [0.1, 0.15) is 55.2 Å². The van der Waals surface area contributed by atoms with E-state index in [0.29, 0.717) is 24.3 Å². The van der Waals surface area contributed by atoms with Crippen molar-refractivity contribution in [1.29, 1.82) is 0 Å². The highest BCUT2D eigenvalue weighted by molar-refractivity contribution is 7.92. The number of nitrogens with one attached hydrogen (secondary N) is 1. The van der Waals surface area contributed by atoms with E-state index in [1.54, 1.807) is 36.3 Å². The van der Waals surface area contributed by atoms with Crippen LogP contribution in [0.3, 0.4) is 0 Å². The molecule has 2 amide bonds. The highest BCUT2D eigenvalue weighted by atomic mass is 32.2. The molecule has 4 rings (SSSR count).